The third kappa shape index (κ3) is 4.77. The molecule has 1 saturated carbocycles. The zero-order valence-corrected chi connectivity index (χ0v) is 19.9. The van der Waals surface area contributed by atoms with Crippen LogP contribution in [0.4, 0.5) is 0 Å². The van der Waals surface area contributed by atoms with Crippen molar-refractivity contribution in [1.29, 1.82) is 0 Å². The third-order valence-electron chi connectivity index (χ3n) is 6.27. The van der Waals surface area contributed by atoms with Crippen LogP contribution in [0, 0.1) is 19.8 Å². The predicted octanol–water partition coefficient (Wildman–Crippen LogP) is 4.02. The Balaban J connectivity index is 1.32. The van der Waals surface area contributed by atoms with Crippen molar-refractivity contribution in [2.75, 3.05) is 26.7 Å². The maximum atomic E-state index is 12.9. The van der Waals surface area contributed by atoms with E-state index in [2.05, 4.69) is 16.1 Å². The van der Waals surface area contributed by atoms with Gasteiger partial charge in [0.05, 0.1) is 11.1 Å². The number of aryl methyl sites for hydroxylation is 2. The molecule has 1 aromatic carbocycles. The van der Waals surface area contributed by atoms with Gasteiger partial charge in [-0.1, -0.05) is 28.9 Å². The van der Waals surface area contributed by atoms with Gasteiger partial charge in [-0.25, -0.2) is 12.7 Å². The normalized spacial score (nSPS) is 22.1. The van der Waals surface area contributed by atoms with E-state index in [9.17, 15) is 8.42 Å². The molecule has 0 unspecified atom stereocenters. The minimum absolute atomic E-state index is 0.0553. The van der Waals surface area contributed by atoms with E-state index < -0.39 is 10.0 Å². The Kier molecular flexibility index (Phi) is 6.62. The third-order valence-corrected chi connectivity index (χ3v) is 8.77. The van der Waals surface area contributed by atoms with Gasteiger partial charge in [0, 0.05) is 20.1 Å². The fourth-order valence-corrected chi connectivity index (χ4v) is 6.27. The molecule has 170 valence electrons. The number of aromatic nitrogens is 1. The molecule has 0 radical (unpaired) electrons. The Morgan fingerprint density at radius 1 is 1.26 bits per heavy atom. The number of nitrogens with zero attached hydrogens (tertiary/aromatic N) is 3. The van der Waals surface area contributed by atoms with Crippen molar-refractivity contribution in [3.05, 3.63) is 40.2 Å². The van der Waals surface area contributed by atoms with E-state index in [0.29, 0.717) is 23.0 Å². The van der Waals surface area contributed by atoms with Crippen LogP contribution >= 0.6 is 11.6 Å². The highest BCUT2D eigenvalue weighted by atomic mass is 35.5. The maximum absolute atomic E-state index is 12.9. The van der Waals surface area contributed by atoms with Crippen LogP contribution in [-0.2, 0) is 16.6 Å². The molecular weight excluding hydrogens is 438 g/mol. The number of ether oxygens (including phenoxy) is 1. The molecule has 2 aromatic rings. The minimum Gasteiger partial charge on any atom is -0.489 e. The zero-order chi connectivity index (χ0) is 22.2. The van der Waals surface area contributed by atoms with Crippen molar-refractivity contribution in [3.63, 3.8) is 0 Å². The lowest BCUT2D eigenvalue weighted by molar-refractivity contribution is 0.0575. The van der Waals surface area contributed by atoms with Crippen LogP contribution in [0.5, 0.6) is 5.75 Å². The number of sulfonamides is 1. The van der Waals surface area contributed by atoms with E-state index in [-0.39, 0.29) is 16.9 Å². The number of likely N-dealkylation sites (tertiary alicyclic amines) is 1. The van der Waals surface area contributed by atoms with E-state index in [1.54, 1.807) is 20.9 Å². The highest BCUT2D eigenvalue weighted by Crippen LogP contribution is 2.37. The quantitative estimate of drug-likeness (QED) is 0.583. The average molecular weight is 468 g/mol. The Labute approximate surface area is 189 Å². The fourth-order valence-electron chi connectivity index (χ4n) is 4.51. The van der Waals surface area contributed by atoms with Gasteiger partial charge in [0.15, 0.2) is 5.76 Å². The van der Waals surface area contributed by atoms with Crippen LogP contribution in [0.25, 0.3) is 0 Å². The molecule has 0 bridgehead atoms. The van der Waals surface area contributed by atoms with Crippen molar-refractivity contribution in [2.45, 2.75) is 57.1 Å². The molecule has 2 fully saturated rings. The number of halogens is 1. The van der Waals surface area contributed by atoms with Crippen molar-refractivity contribution >= 4 is 21.6 Å². The lowest BCUT2D eigenvalue weighted by Gasteiger charge is -2.37. The van der Waals surface area contributed by atoms with Gasteiger partial charge in [-0.2, -0.15) is 0 Å². The molecule has 0 spiro atoms. The molecule has 31 heavy (non-hydrogen) atoms. The van der Waals surface area contributed by atoms with E-state index >= 15 is 0 Å². The van der Waals surface area contributed by atoms with Gasteiger partial charge in [-0.05, 0) is 70.2 Å². The van der Waals surface area contributed by atoms with Gasteiger partial charge >= 0.3 is 0 Å². The Hall–Kier alpha value is -1.61. The Bertz CT molecular complexity index is 1010. The summed E-state index contributed by atoms with van der Waals surface area (Å²) in [6.07, 6.45) is 4.15. The van der Waals surface area contributed by atoms with Crippen LogP contribution in [0.2, 0.25) is 5.02 Å². The summed E-state index contributed by atoms with van der Waals surface area (Å²) in [7, 11) is -2.01. The highest BCUT2D eigenvalue weighted by molar-refractivity contribution is 7.89. The van der Waals surface area contributed by atoms with Gasteiger partial charge in [0.2, 0.25) is 10.0 Å². The second-order valence-electron chi connectivity index (χ2n) is 8.73. The second kappa shape index (κ2) is 9.10. The summed E-state index contributed by atoms with van der Waals surface area (Å²) in [6.45, 7) is 6.80. The van der Waals surface area contributed by atoms with Crippen LogP contribution in [0.1, 0.15) is 42.7 Å². The molecule has 1 aliphatic carbocycles. The predicted molar refractivity (Wildman–Crippen MR) is 119 cm³/mol. The lowest BCUT2D eigenvalue weighted by Crippen LogP contribution is -2.42. The van der Waals surface area contributed by atoms with Crippen LogP contribution in [-0.4, -0.2) is 55.6 Å². The van der Waals surface area contributed by atoms with Gasteiger partial charge in [0.1, 0.15) is 16.3 Å². The van der Waals surface area contributed by atoms with Crippen LogP contribution in [0.15, 0.2) is 27.6 Å². The fraction of sp³-hybridized carbons (Fsp3) is 0.591. The zero-order valence-electron chi connectivity index (χ0n) is 18.3. The smallest absolute Gasteiger partial charge is 0.248 e. The SMILES string of the molecule is Cc1noc(C)c1S(=O)(=O)N(C)CC1CC(Oc2cccc(CN3CCCC3)c2Cl)C1. The van der Waals surface area contributed by atoms with Crippen molar-refractivity contribution < 1.29 is 17.7 Å². The largest absolute Gasteiger partial charge is 0.489 e. The first-order valence-electron chi connectivity index (χ1n) is 10.8. The first-order chi connectivity index (χ1) is 14.8. The highest BCUT2D eigenvalue weighted by Gasteiger charge is 2.36. The van der Waals surface area contributed by atoms with Crippen LogP contribution < -0.4 is 4.74 Å². The molecule has 7 nitrogen and oxygen atoms in total. The summed E-state index contributed by atoms with van der Waals surface area (Å²) in [5, 5.41) is 4.46. The molecule has 1 saturated heterocycles. The molecule has 2 heterocycles. The van der Waals surface area contributed by atoms with Crippen molar-refractivity contribution in [2.24, 2.45) is 5.92 Å². The summed E-state index contributed by atoms with van der Waals surface area (Å²) in [6, 6.07) is 5.97. The summed E-state index contributed by atoms with van der Waals surface area (Å²) < 4.78 is 38.3. The molecule has 0 atom stereocenters. The van der Waals surface area contributed by atoms with Crippen molar-refractivity contribution in [3.8, 4) is 5.75 Å². The summed E-state index contributed by atoms with van der Waals surface area (Å²) in [5.74, 6) is 1.29. The molecule has 1 aromatic heterocycles. The molecule has 0 amide bonds. The molecule has 1 aliphatic heterocycles. The van der Waals surface area contributed by atoms with E-state index in [4.69, 9.17) is 20.9 Å². The first kappa shape index (κ1) is 22.6. The molecule has 9 heteroatoms. The lowest BCUT2D eigenvalue weighted by atomic mass is 9.82. The monoisotopic (exact) mass is 467 g/mol. The second-order valence-corrected chi connectivity index (χ2v) is 11.1. The molecule has 0 N–H and O–H groups in total. The summed E-state index contributed by atoms with van der Waals surface area (Å²) in [4.78, 5) is 2.59. The Morgan fingerprint density at radius 3 is 2.61 bits per heavy atom. The molecule has 2 aliphatic rings. The number of hydrogen-bond acceptors (Lipinski definition) is 6. The number of benzene rings is 1. The van der Waals surface area contributed by atoms with E-state index in [1.807, 2.05) is 12.1 Å². The average Bonchev–Trinajstić information content (AvgIpc) is 3.32. The summed E-state index contributed by atoms with van der Waals surface area (Å²) >= 11 is 6.63. The molecule has 4 rings (SSSR count). The standard InChI is InChI=1S/C22H30ClN3O4S/c1-15-22(16(2)30-24-15)31(27,28)25(3)13-17-11-19(12-17)29-20-8-6-7-18(21(20)23)14-26-9-4-5-10-26/h6-8,17,19H,4-5,9-14H2,1-3H3. The Morgan fingerprint density at radius 2 is 1.97 bits per heavy atom. The van der Waals surface area contributed by atoms with E-state index in [0.717, 1.165) is 43.8 Å². The van der Waals surface area contributed by atoms with Gasteiger partial charge in [-0.15, -0.1) is 0 Å². The minimum atomic E-state index is -3.62. The van der Waals surface area contributed by atoms with Gasteiger partial charge in [-0.3, -0.25) is 4.90 Å². The number of rotatable bonds is 8. The summed E-state index contributed by atoms with van der Waals surface area (Å²) in [5.41, 5.74) is 1.49. The first-order valence-corrected chi connectivity index (χ1v) is 12.6. The number of hydrogen-bond donors (Lipinski definition) is 0. The van der Waals surface area contributed by atoms with Gasteiger partial charge < -0.3 is 9.26 Å². The molecular formula is C22H30ClN3O4S. The van der Waals surface area contributed by atoms with Crippen LogP contribution in [0.3, 0.4) is 0 Å². The topological polar surface area (TPSA) is 75.9 Å². The van der Waals surface area contributed by atoms with Gasteiger partial charge in [0.25, 0.3) is 0 Å². The maximum Gasteiger partial charge on any atom is 0.248 e. The van der Waals surface area contributed by atoms with E-state index in [1.165, 1.54) is 17.1 Å². The van der Waals surface area contributed by atoms with Crippen molar-refractivity contribution in [1.82, 2.24) is 14.4 Å².